The van der Waals surface area contributed by atoms with Gasteiger partial charge < -0.3 is 20.8 Å². The fourth-order valence-corrected chi connectivity index (χ4v) is 2.19. The Hall–Kier alpha value is -3.21. The van der Waals surface area contributed by atoms with Gasteiger partial charge in [0.15, 0.2) is 0 Å². The number of amides is 1. The van der Waals surface area contributed by atoms with Crippen molar-refractivity contribution in [1.82, 2.24) is 4.98 Å². The number of carbonyl (C=O) groups is 1. The minimum absolute atomic E-state index is 0.492. The van der Waals surface area contributed by atoms with Crippen LogP contribution in [0.25, 0.3) is 11.3 Å². The van der Waals surface area contributed by atoms with Crippen molar-refractivity contribution in [2.24, 2.45) is 0 Å². The van der Waals surface area contributed by atoms with Crippen molar-refractivity contribution in [1.29, 1.82) is 0 Å². The van der Waals surface area contributed by atoms with Gasteiger partial charge in [-0.25, -0.2) is 0 Å². The van der Waals surface area contributed by atoms with Crippen LogP contribution in [0.2, 0.25) is 0 Å². The number of nitrogens with two attached hydrogens (primary N) is 1. The maximum atomic E-state index is 10.7. The molecule has 0 atom stereocenters. The van der Waals surface area contributed by atoms with E-state index in [0.29, 0.717) is 17.8 Å². The molecule has 0 spiro atoms. The van der Waals surface area contributed by atoms with Gasteiger partial charge in [-0.3, -0.25) is 4.79 Å². The number of hydrogen-bond donors (Lipinski definition) is 3. The van der Waals surface area contributed by atoms with E-state index in [-0.39, 0.29) is 0 Å². The first-order chi connectivity index (χ1) is 10.8. The first-order valence-electron chi connectivity index (χ1n) is 6.78. The highest BCUT2D eigenvalue weighted by Gasteiger charge is 2.10. The molecule has 0 saturated heterocycles. The zero-order chi connectivity index (χ0) is 15.4. The van der Waals surface area contributed by atoms with E-state index in [1.165, 1.54) is 0 Å². The molecule has 3 rings (SSSR count). The molecule has 0 aliphatic rings. The van der Waals surface area contributed by atoms with Gasteiger partial charge in [-0.1, -0.05) is 18.2 Å². The number of aromatic amines is 1. The molecular weight excluding hydrogens is 278 g/mol. The van der Waals surface area contributed by atoms with Gasteiger partial charge in [-0.2, -0.15) is 0 Å². The lowest BCUT2D eigenvalue weighted by Crippen LogP contribution is -1.97. The summed E-state index contributed by atoms with van der Waals surface area (Å²) in [4.78, 5) is 13.7. The molecule has 0 unspecified atom stereocenters. The maximum Gasteiger partial charge on any atom is 0.211 e. The fraction of sp³-hybridized carbons (Fsp3) is 0. The lowest BCUT2D eigenvalue weighted by atomic mass is 10.1. The third-order valence-corrected chi connectivity index (χ3v) is 3.24. The highest BCUT2D eigenvalue weighted by Crippen LogP contribution is 2.33. The van der Waals surface area contributed by atoms with Gasteiger partial charge in [-0.05, 0) is 36.4 Å². The van der Waals surface area contributed by atoms with Gasteiger partial charge in [0, 0.05) is 11.8 Å². The summed E-state index contributed by atoms with van der Waals surface area (Å²) in [5.41, 5.74) is 8.55. The Morgan fingerprint density at radius 2 is 1.68 bits per heavy atom. The average molecular weight is 293 g/mol. The summed E-state index contributed by atoms with van der Waals surface area (Å²) in [5.74, 6) is 1.52. The van der Waals surface area contributed by atoms with E-state index < -0.39 is 0 Å². The minimum Gasteiger partial charge on any atom is -0.457 e. The van der Waals surface area contributed by atoms with E-state index in [9.17, 15) is 4.79 Å². The molecule has 4 N–H and O–H groups in total. The SMILES string of the molecule is Nc1c[nH]c(-c2ccc(Oc3ccccc3)cc2)c1NC=O. The van der Waals surface area contributed by atoms with E-state index in [4.69, 9.17) is 10.5 Å². The summed E-state index contributed by atoms with van der Waals surface area (Å²) in [5, 5.41) is 2.61. The molecule has 110 valence electrons. The van der Waals surface area contributed by atoms with Crippen molar-refractivity contribution < 1.29 is 9.53 Å². The molecule has 0 saturated carbocycles. The fourth-order valence-electron chi connectivity index (χ4n) is 2.19. The molecule has 0 radical (unpaired) electrons. The topological polar surface area (TPSA) is 80.1 Å². The van der Waals surface area contributed by atoms with Crippen LogP contribution in [0, 0.1) is 0 Å². The second kappa shape index (κ2) is 6.05. The summed E-state index contributed by atoms with van der Waals surface area (Å²) in [6, 6.07) is 17.1. The highest BCUT2D eigenvalue weighted by molar-refractivity contribution is 5.91. The summed E-state index contributed by atoms with van der Waals surface area (Å²) < 4.78 is 5.75. The molecule has 5 nitrogen and oxygen atoms in total. The van der Waals surface area contributed by atoms with Crippen molar-refractivity contribution in [2.45, 2.75) is 0 Å². The molecule has 22 heavy (non-hydrogen) atoms. The third kappa shape index (κ3) is 2.78. The van der Waals surface area contributed by atoms with Gasteiger partial charge in [0.25, 0.3) is 0 Å². The van der Waals surface area contributed by atoms with Gasteiger partial charge in [0.05, 0.1) is 17.1 Å². The van der Waals surface area contributed by atoms with Crippen LogP contribution in [-0.4, -0.2) is 11.4 Å². The highest BCUT2D eigenvalue weighted by atomic mass is 16.5. The van der Waals surface area contributed by atoms with E-state index in [1.807, 2.05) is 54.6 Å². The number of nitrogens with one attached hydrogen (secondary N) is 2. The summed E-state index contributed by atoms with van der Waals surface area (Å²) in [7, 11) is 0. The quantitative estimate of drug-likeness (QED) is 0.628. The smallest absolute Gasteiger partial charge is 0.211 e. The Labute approximate surface area is 127 Å². The first-order valence-corrected chi connectivity index (χ1v) is 6.78. The zero-order valence-corrected chi connectivity index (χ0v) is 11.7. The summed E-state index contributed by atoms with van der Waals surface area (Å²) >= 11 is 0. The number of hydrogen-bond acceptors (Lipinski definition) is 3. The molecule has 0 aliphatic heterocycles. The number of para-hydroxylation sites is 1. The van der Waals surface area contributed by atoms with Gasteiger partial charge in [0.2, 0.25) is 6.41 Å². The number of benzene rings is 2. The Balaban J connectivity index is 1.84. The standard InChI is InChI=1S/C17H15N3O2/c18-15-10-19-16(17(15)20-11-21)12-6-8-14(9-7-12)22-13-4-2-1-3-5-13/h1-11,19H,18H2,(H,20,21). The lowest BCUT2D eigenvalue weighted by Gasteiger charge is -2.07. The van der Waals surface area contributed by atoms with Crippen LogP contribution in [0.1, 0.15) is 0 Å². The molecule has 0 fully saturated rings. The van der Waals surface area contributed by atoms with Crippen LogP contribution in [0.5, 0.6) is 11.5 Å². The summed E-state index contributed by atoms with van der Waals surface area (Å²) in [6.45, 7) is 0. The van der Waals surface area contributed by atoms with Crippen molar-refractivity contribution in [2.75, 3.05) is 11.1 Å². The molecule has 1 aromatic heterocycles. The predicted molar refractivity (Wildman–Crippen MR) is 86.8 cm³/mol. The van der Waals surface area contributed by atoms with E-state index in [2.05, 4.69) is 10.3 Å². The van der Waals surface area contributed by atoms with Crippen LogP contribution in [0.3, 0.4) is 0 Å². The second-order valence-corrected chi connectivity index (χ2v) is 4.70. The number of ether oxygens (including phenoxy) is 1. The van der Waals surface area contributed by atoms with E-state index in [0.717, 1.165) is 22.8 Å². The van der Waals surface area contributed by atoms with Crippen molar-refractivity contribution >= 4 is 17.8 Å². The van der Waals surface area contributed by atoms with Crippen LogP contribution in [0.4, 0.5) is 11.4 Å². The molecule has 0 aliphatic carbocycles. The third-order valence-electron chi connectivity index (χ3n) is 3.24. The molecule has 2 aromatic carbocycles. The number of H-pyrrole nitrogens is 1. The van der Waals surface area contributed by atoms with Crippen molar-refractivity contribution in [3.8, 4) is 22.8 Å². The largest absolute Gasteiger partial charge is 0.457 e. The van der Waals surface area contributed by atoms with Crippen molar-refractivity contribution in [3.63, 3.8) is 0 Å². The second-order valence-electron chi connectivity index (χ2n) is 4.70. The Morgan fingerprint density at radius 1 is 1.00 bits per heavy atom. The average Bonchev–Trinajstić information content (AvgIpc) is 2.91. The number of aromatic nitrogens is 1. The predicted octanol–water partition coefficient (Wildman–Crippen LogP) is 3.62. The molecule has 1 heterocycles. The number of rotatable bonds is 5. The van der Waals surface area contributed by atoms with Crippen LogP contribution in [-0.2, 0) is 4.79 Å². The maximum absolute atomic E-state index is 10.7. The first kappa shape index (κ1) is 13.8. The molecule has 0 bridgehead atoms. The Bertz CT molecular complexity index is 764. The number of nitrogen functional groups attached to an aromatic ring is 1. The van der Waals surface area contributed by atoms with Gasteiger partial charge in [-0.15, -0.1) is 0 Å². The monoisotopic (exact) mass is 293 g/mol. The van der Waals surface area contributed by atoms with Gasteiger partial charge in [0.1, 0.15) is 11.5 Å². The Morgan fingerprint density at radius 3 is 2.36 bits per heavy atom. The molecule has 3 aromatic rings. The summed E-state index contributed by atoms with van der Waals surface area (Å²) in [6.07, 6.45) is 2.26. The van der Waals surface area contributed by atoms with Crippen LogP contribution < -0.4 is 15.8 Å². The zero-order valence-electron chi connectivity index (χ0n) is 11.7. The normalized spacial score (nSPS) is 10.2. The van der Waals surface area contributed by atoms with Gasteiger partial charge >= 0.3 is 0 Å². The molecule has 5 heteroatoms. The molecule has 1 amide bonds. The minimum atomic E-state index is 0.492. The number of anilines is 2. The van der Waals surface area contributed by atoms with E-state index in [1.54, 1.807) is 6.20 Å². The van der Waals surface area contributed by atoms with Crippen LogP contribution in [0.15, 0.2) is 60.8 Å². The van der Waals surface area contributed by atoms with Crippen LogP contribution >= 0.6 is 0 Å². The molecular formula is C17H15N3O2. The van der Waals surface area contributed by atoms with E-state index >= 15 is 0 Å². The van der Waals surface area contributed by atoms with Crippen molar-refractivity contribution in [3.05, 3.63) is 60.8 Å². The lowest BCUT2D eigenvalue weighted by molar-refractivity contribution is -0.105. The Kier molecular flexibility index (Phi) is 3.78. The number of carbonyl (C=O) groups excluding carboxylic acids is 1.